The van der Waals surface area contributed by atoms with Gasteiger partial charge in [0.2, 0.25) is 5.91 Å². The monoisotopic (exact) mass is 348 g/mol. The number of benzene rings is 1. The Kier molecular flexibility index (Phi) is 7.10. The van der Waals surface area contributed by atoms with Gasteiger partial charge < -0.3 is 20.1 Å². The molecule has 25 heavy (non-hydrogen) atoms. The van der Waals surface area contributed by atoms with Crippen LogP contribution in [0.5, 0.6) is 11.5 Å². The molecule has 138 valence electrons. The largest absolute Gasteiger partial charge is 0.493 e. The van der Waals surface area contributed by atoms with Gasteiger partial charge in [-0.2, -0.15) is 0 Å². The highest BCUT2D eigenvalue weighted by Gasteiger charge is 2.29. The van der Waals surface area contributed by atoms with Crippen molar-refractivity contribution in [1.82, 2.24) is 10.6 Å². The van der Waals surface area contributed by atoms with Crippen molar-refractivity contribution >= 4 is 11.8 Å². The van der Waals surface area contributed by atoms with Crippen molar-refractivity contribution in [1.29, 1.82) is 0 Å². The Bertz CT molecular complexity index is 597. The van der Waals surface area contributed by atoms with Gasteiger partial charge in [0.05, 0.1) is 13.7 Å². The molecule has 0 heterocycles. The molecule has 6 nitrogen and oxygen atoms in total. The molecule has 2 N–H and O–H groups in total. The van der Waals surface area contributed by atoms with Crippen LogP contribution in [0, 0.1) is 11.8 Å². The molecule has 1 aromatic carbocycles. The SMILES string of the molecule is COc1cc(C(=O)NCCNC(=O)C2CC2)ccc1OCCC(C)C. The number of methoxy groups -OCH3 is 1. The third-order valence-electron chi connectivity index (χ3n) is 4.04. The fourth-order valence-corrected chi connectivity index (χ4v) is 2.29. The Balaban J connectivity index is 1.81. The lowest BCUT2D eigenvalue weighted by Crippen LogP contribution is -2.35. The average Bonchev–Trinajstić information content (AvgIpc) is 3.43. The van der Waals surface area contributed by atoms with E-state index in [0.717, 1.165) is 19.3 Å². The summed E-state index contributed by atoms with van der Waals surface area (Å²) in [7, 11) is 1.56. The molecule has 0 radical (unpaired) electrons. The molecule has 1 aromatic rings. The molecule has 0 saturated heterocycles. The first-order valence-corrected chi connectivity index (χ1v) is 8.88. The summed E-state index contributed by atoms with van der Waals surface area (Å²) >= 11 is 0. The van der Waals surface area contributed by atoms with E-state index < -0.39 is 0 Å². The lowest BCUT2D eigenvalue weighted by atomic mass is 10.1. The fraction of sp³-hybridized carbons (Fsp3) is 0.579. The second-order valence-electron chi connectivity index (χ2n) is 6.72. The summed E-state index contributed by atoms with van der Waals surface area (Å²) in [4.78, 5) is 23.7. The zero-order valence-electron chi connectivity index (χ0n) is 15.3. The summed E-state index contributed by atoms with van der Waals surface area (Å²) in [5, 5.41) is 5.61. The number of hydrogen-bond acceptors (Lipinski definition) is 4. The van der Waals surface area contributed by atoms with Crippen LogP contribution in [0.4, 0.5) is 0 Å². The van der Waals surface area contributed by atoms with Gasteiger partial charge in [0.1, 0.15) is 0 Å². The number of carbonyl (C=O) groups is 2. The van der Waals surface area contributed by atoms with E-state index in [1.807, 2.05) is 0 Å². The minimum atomic E-state index is -0.201. The van der Waals surface area contributed by atoms with Crippen LogP contribution in [0.15, 0.2) is 18.2 Å². The minimum Gasteiger partial charge on any atom is -0.493 e. The van der Waals surface area contributed by atoms with Crippen LogP contribution in [-0.2, 0) is 4.79 Å². The Labute approximate surface area is 149 Å². The van der Waals surface area contributed by atoms with Crippen LogP contribution < -0.4 is 20.1 Å². The molecule has 1 aliphatic rings. The summed E-state index contributed by atoms with van der Waals surface area (Å²) < 4.78 is 11.0. The lowest BCUT2D eigenvalue weighted by Gasteiger charge is -2.13. The van der Waals surface area contributed by atoms with Gasteiger partial charge in [0.25, 0.3) is 5.91 Å². The van der Waals surface area contributed by atoms with Crippen LogP contribution >= 0.6 is 0 Å². The topological polar surface area (TPSA) is 76.7 Å². The van der Waals surface area contributed by atoms with Crippen molar-refractivity contribution in [2.24, 2.45) is 11.8 Å². The zero-order valence-corrected chi connectivity index (χ0v) is 15.3. The van der Waals surface area contributed by atoms with Crippen LogP contribution in [-0.4, -0.2) is 38.6 Å². The van der Waals surface area contributed by atoms with E-state index in [-0.39, 0.29) is 17.7 Å². The van der Waals surface area contributed by atoms with Crippen molar-refractivity contribution in [3.63, 3.8) is 0 Å². The highest BCUT2D eigenvalue weighted by molar-refractivity contribution is 5.94. The summed E-state index contributed by atoms with van der Waals surface area (Å²) in [5.74, 6) is 1.81. The first-order valence-electron chi connectivity index (χ1n) is 8.88. The van der Waals surface area contributed by atoms with Crippen molar-refractivity contribution < 1.29 is 19.1 Å². The number of amides is 2. The molecule has 0 unspecified atom stereocenters. The Morgan fingerprint density at radius 3 is 2.52 bits per heavy atom. The normalized spacial score (nSPS) is 13.4. The van der Waals surface area contributed by atoms with Gasteiger partial charge in [-0.1, -0.05) is 13.8 Å². The summed E-state index contributed by atoms with van der Waals surface area (Å²) in [5.41, 5.74) is 0.501. The van der Waals surface area contributed by atoms with Crippen LogP contribution in [0.25, 0.3) is 0 Å². The average molecular weight is 348 g/mol. The molecule has 1 saturated carbocycles. The van der Waals surface area contributed by atoms with Crippen molar-refractivity contribution in [2.45, 2.75) is 33.1 Å². The molecule has 0 aliphatic heterocycles. The van der Waals surface area contributed by atoms with Gasteiger partial charge in [-0.3, -0.25) is 9.59 Å². The molecule has 0 aromatic heterocycles. The molecule has 0 spiro atoms. The van der Waals surface area contributed by atoms with Gasteiger partial charge >= 0.3 is 0 Å². The summed E-state index contributed by atoms with van der Waals surface area (Å²) in [6, 6.07) is 5.14. The maximum absolute atomic E-state index is 12.2. The molecule has 0 atom stereocenters. The second-order valence-corrected chi connectivity index (χ2v) is 6.72. The number of rotatable bonds is 10. The molecular formula is C19H28N2O4. The first kappa shape index (κ1) is 19.1. The maximum atomic E-state index is 12.2. The van der Waals surface area contributed by atoms with E-state index in [1.165, 1.54) is 0 Å². The molecule has 1 aliphatic carbocycles. The van der Waals surface area contributed by atoms with Crippen molar-refractivity contribution in [2.75, 3.05) is 26.8 Å². The third-order valence-corrected chi connectivity index (χ3v) is 4.04. The van der Waals surface area contributed by atoms with Crippen molar-refractivity contribution in [3.05, 3.63) is 23.8 Å². The highest BCUT2D eigenvalue weighted by Crippen LogP contribution is 2.29. The van der Waals surface area contributed by atoms with Gasteiger partial charge in [-0.25, -0.2) is 0 Å². The minimum absolute atomic E-state index is 0.0822. The Morgan fingerprint density at radius 1 is 1.16 bits per heavy atom. The first-order chi connectivity index (χ1) is 12.0. The maximum Gasteiger partial charge on any atom is 0.251 e. The second kappa shape index (κ2) is 9.30. The molecule has 6 heteroatoms. The number of ether oxygens (including phenoxy) is 2. The fourth-order valence-electron chi connectivity index (χ4n) is 2.29. The van der Waals surface area contributed by atoms with Gasteiger partial charge in [-0.15, -0.1) is 0 Å². The van der Waals surface area contributed by atoms with E-state index in [0.29, 0.717) is 42.7 Å². The number of nitrogens with one attached hydrogen (secondary N) is 2. The van der Waals surface area contributed by atoms with E-state index in [2.05, 4.69) is 24.5 Å². The quantitative estimate of drug-likeness (QED) is 0.637. The van der Waals surface area contributed by atoms with Crippen LogP contribution in [0.2, 0.25) is 0 Å². The number of hydrogen-bond donors (Lipinski definition) is 2. The molecular weight excluding hydrogens is 320 g/mol. The standard InChI is InChI=1S/C19H28N2O4/c1-13(2)8-11-25-16-7-6-15(12-17(16)24-3)19(23)21-10-9-20-18(22)14-4-5-14/h6-7,12-14H,4-5,8-11H2,1-3H3,(H,20,22)(H,21,23). The molecule has 1 fully saturated rings. The Morgan fingerprint density at radius 2 is 1.88 bits per heavy atom. The number of carbonyl (C=O) groups excluding carboxylic acids is 2. The van der Waals surface area contributed by atoms with E-state index in [1.54, 1.807) is 25.3 Å². The van der Waals surface area contributed by atoms with E-state index in [9.17, 15) is 9.59 Å². The highest BCUT2D eigenvalue weighted by atomic mass is 16.5. The molecule has 2 amide bonds. The smallest absolute Gasteiger partial charge is 0.251 e. The van der Waals surface area contributed by atoms with Crippen molar-refractivity contribution in [3.8, 4) is 11.5 Å². The van der Waals surface area contributed by atoms with Crippen LogP contribution in [0.3, 0.4) is 0 Å². The Hall–Kier alpha value is -2.24. The lowest BCUT2D eigenvalue weighted by molar-refractivity contribution is -0.122. The van der Waals surface area contributed by atoms with E-state index in [4.69, 9.17) is 9.47 Å². The molecule has 2 rings (SSSR count). The predicted octanol–water partition coefficient (Wildman–Crippen LogP) is 2.38. The van der Waals surface area contributed by atoms with Gasteiger partial charge in [0.15, 0.2) is 11.5 Å². The summed E-state index contributed by atoms with van der Waals surface area (Å²) in [6.45, 7) is 5.73. The van der Waals surface area contributed by atoms with Gasteiger partial charge in [0, 0.05) is 24.6 Å². The van der Waals surface area contributed by atoms with Gasteiger partial charge in [-0.05, 0) is 43.4 Å². The zero-order chi connectivity index (χ0) is 18.2. The van der Waals surface area contributed by atoms with Crippen LogP contribution in [0.1, 0.15) is 43.5 Å². The predicted molar refractivity (Wildman–Crippen MR) is 96.0 cm³/mol. The molecule has 0 bridgehead atoms. The summed E-state index contributed by atoms with van der Waals surface area (Å²) in [6.07, 6.45) is 2.91. The van der Waals surface area contributed by atoms with E-state index >= 15 is 0 Å². The third kappa shape index (κ3) is 6.29.